The van der Waals surface area contributed by atoms with Crippen LogP contribution in [0.5, 0.6) is 0 Å². The van der Waals surface area contributed by atoms with Crippen molar-refractivity contribution in [1.29, 1.82) is 0 Å². The van der Waals surface area contributed by atoms with Crippen molar-refractivity contribution in [2.45, 2.75) is 63.3 Å². The van der Waals surface area contributed by atoms with E-state index < -0.39 is 30.1 Å². The van der Waals surface area contributed by atoms with E-state index in [0.717, 1.165) is 40.7 Å². The maximum Gasteiger partial charge on any atom is 0.407 e. The smallest absolute Gasteiger partial charge is 0.407 e. The Hall–Kier alpha value is -4.17. The Bertz CT molecular complexity index is 1330. The van der Waals surface area contributed by atoms with Crippen molar-refractivity contribution in [1.82, 2.24) is 10.6 Å². The Balaban J connectivity index is 1.12. The molecule has 3 aromatic rings. The molecule has 0 bridgehead atoms. The quantitative estimate of drug-likeness (QED) is 0.314. The second kappa shape index (κ2) is 13.0. The van der Waals surface area contributed by atoms with E-state index in [1.54, 1.807) is 6.92 Å². The number of carbonyl (C=O) groups is 3. The van der Waals surface area contributed by atoms with Crippen LogP contribution < -0.4 is 10.6 Å². The van der Waals surface area contributed by atoms with Gasteiger partial charge in [0.1, 0.15) is 6.61 Å². The van der Waals surface area contributed by atoms with Gasteiger partial charge in [-0.05, 0) is 54.0 Å². The van der Waals surface area contributed by atoms with Crippen LogP contribution in [0.4, 0.5) is 4.79 Å². The number of alkyl carbamates (subject to hydrolysis) is 1. The third-order valence-corrected chi connectivity index (χ3v) is 8.10. The lowest BCUT2D eigenvalue weighted by Crippen LogP contribution is -2.51. The van der Waals surface area contributed by atoms with Gasteiger partial charge in [-0.2, -0.15) is 0 Å². The SMILES string of the molecule is C[C@@H](OCc1ccccc1)[C@H](NC(=O)C1CCCC(NC(=O)OCC2c3ccccc3-c3ccccc32)C1)C(=O)O. The van der Waals surface area contributed by atoms with Crippen LogP contribution in [-0.4, -0.2) is 47.9 Å². The molecule has 0 spiro atoms. The molecule has 0 aromatic heterocycles. The van der Waals surface area contributed by atoms with Gasteiger partial charge < -0.3 is 25.2 Å². The molecule has 2 aliphatic rings. The summed E-state index contributed by atoms with van der Waals surface area (Å²) in [7, 11) is 0. The van der Waals surface area contributed by atoms with E-state index in [0.29, 0.717) is 12.8 Å². The molecule has 3 N–H and O–H groups in total. The summed E-state index contributed by atoms with van der Waals surface area (Å²) < 4.78 is 11.4. The van der Waals surface area contributed by atoms with Crippen molar-refractivity contribution in [2.75, 3.05) is 6.61 Å². The second-order valence-electron chi connectivity index (χ2n) is 10.9. The van der Waals surface area contributed by atoms with Gasteiger partial charge in [0, 0.05) is 17.9 Å². The van der Waals surface area contributed by atoms with Gasteiger partial charge in [0.15, 0.2) is 6.04 Å². The Morgan fingerprint density at radius 2 is 1.54 bits per heavy atom. The number of benzene rings is 3. The van der Waals surface area contributed by atoms with Crippen LogP contribution >= 0.6 is 0 Å². The molecule has 214 valence electrons. The number of hydrogen-bond acceptors (Lipinski definition) is 5. The van der Waals surface area contributed by atoms with Gasteiger partial charge in [-0.3, -0.25) is 4.79 Å². The second-order valence-corrected chi connectivity index (χ2v) is 10.9. The molecule has 3 aromatic carbocycles. The first-order chi connectivity index (χ1) is 19.9. The fraction of sp³-hybridized carbons (Fsp3) is 0.364. The predicted octanol–water partition coefficient (Wildman–Crippen LogP) is 5.26. The summed E-state index contributed by atoms with van der Waals surface area (Å²) in [6.07, 6.45) is 1.28. The van der Waals surface area contributed by atoms with Gasteiger partial charge in [0.05, 0.1) is 12.7 Å². The lowest BCUT2D eigenvalue weighted by molar-refractivity contribution is -0.147. The minimum absolute atomic E-state index is 0.0305. The van der Waals surface area contributed by atoms with Crippen molar-refractivity contribution in [3.8, 4) is 11.1 Å². The topological polar surface area (TPSA) is 114 Å². The molecule has 4 atom stereocenters. The lowest BCUT2D eigenvalue weighted by atomic mass is 9.85. The molecule has 1 saturated carbocycles. The minimum Gasteiger partial charge on any atom is -0.480 e. The van der Waals surface area contributed by atoms with Crippen molar-refractivity contribution >= 4 is 18.0 Å². The Morgan fingerprint density at radius 3 is 2.20 bits per heavy atom. The number of carboxylic acid groups (broad SMARTS) is 1. The number of carbonyl (C=O) groups excluding carboxylic acids is 2. The highest BCUT2D eigenvalue weighted by atomic mass is 16.5. The highest BCUT2D eigenvalue weighted by molar-refractivity contribution is 5.85. The van der Waals surface area contributed by atoms with Crippen LogP contribution in [0, 0.1) is 5.92 Å². The van der Waals surface area contributed by atoms with E-state index >= 15 is 0 Å². The number of nitrogens with one attached hydrogen (secondary N) is 2. The number of aliphatic carboxylic acids is 1. The minimum atomic E-state index is -1.18. The maximum atomic E-state index is 13.1. The van der Waals surface area contributed by atoms with Gasteiger partial charge in [0.25, 0.3) is 0 Å². The zero-order valence-electron chi connectivity index (χ0n) is 23.1. The van der Waals surface area contributed by atoms with E-state index in [2.05, 4.69) is 34.9 Å². The number of carboxylic acids is 1. The van der Waals surface area contributed by atoms with Crippen LogP contribution in [0.15, 0.2) is 78.9 Å². The van der Waals surface area contributed by atoms with Crippen LogP contribution in [0.2, 0.25) is 0 Å². The average Bonchev–Trinajstić information content (AvgIpc) is 3.31. The molecule has 8 nitrogen and oxygen atoms in total. The molecule has 2 amide bonds. The summed E-state index contributed by atoms with van der Waals surface area (Å²) in [5, 5.41) is 15.4. The van der Waals surface area contributed by atoms with Gasteiger partial charge in [-0.15, -0.1) is 0 Å². The molecule has 2 unspecified atom stereocenters. The fourth-order valence-corrected chi connectivity index (χ4v) is 5.91. The molecule has 41 heavy (non-hydrogen) atoms. The van der Waals surface area contributed by atoms with E-state index in [-0.39, 0.29) is 31.1 Å². The van der Waals surface area contributed by atoms with Crippen LogP contribution in [-0.2, 0) is 25.7 Å². The number of rotatable bonds is 10. The van der Waals surface area contributed by atoms with Crippen molar-refractivity contribution in [2.24, 2.45) is 5.92 Å². The summed E-state index contributed by atoms with van der Waals surface area (Å²) >= 11 is 0. The number of hydrogen-bond donors (Lipinski definition) is 3. The van der Waals surface area contributed by atoms with Crippen molar-refractivity contribution < 1.29 is 29.0 Å². The molecule has 0 aliphatic heterocycles. The first-order valence-corrected chi connectivity index (χ1v) is 14.2. The summed E-state index contributed by atoms with van der Waals surface area (Å²) in [6, 6.07) is 24.4. The third-order valence-electron chi connectivity index (χ3n) is 8.10. The van der Waals surface area contributed by atoms with Crippen LogP contribution in [0.1, 0.15) is 55.2 Å². The predicted molar refractivity (Wildman–Crippen MR) is 154 cm³/mol. The molecule has 0 saturated heterocycles. The zero-order valence-corrected chi connectivity index (χ0v) is 23.1. The average molecular weight is 557 g/mol. The molecular weight excluding hydrogens is 520 g/mol. The summed E-state index contributed by atoms with van der Waals surface area (Å²) in [5.41, 5.74) is 5.54. The summed E-state index contributed by atoms with van der Waals surface area (Å²) in [4.78, 5) is 37.8. The van der Waals surface area contributed by atoms with E-state index in [9.17, 15) is 19.5 Å². The standard InChI is InChI=1S/C33H36N2O6/c1-21(40-19-22-10-3-2-4-11-22)30(32(37)38)35-31(36)23-12-9-13-24(18-23)34-33(39)41-20-29-27-16-7-5-14-25(27)26-15-6-8-17-28(26)29/h2-8,10-11,14-17,21,23-24,29-30H,9,12-13,18-20H2,1H3,(H,34,39)(H,35,36)(H,37,38)/t21-,23?,24?,30+/m1/s1. The highest BCUT2D eigenvalue weighted by Crippen LogP contribution is 2.44. The van der Waals surface area contributed by atoms with Crippen molar-refractivity contribution in [3.63, 3.8) is 0 Å². The first-order valence-electron chi connectivity index (χ1n) is 14.2. The van der Waals surface area contributed by atoms with Gasteiger partial charge in [-0.25, -0.2) is 9.59 Å². The summed E-state index contributed by atoms with van der Waals surface area (Å²) in [6.45, 7) is 2.11. The fourth-order valence-electron chi connectivity index (χ4n) is 5.91. The largest absolute Gasteiger partial charge is 0.480 e. The Kier molecular flexibility index (Phi) is 8.99. The normalized spacial score (nSPS) is 19.3. The Morgan fingerprint density at radius 1 is 0.902 bits per heavy atom. The van der Waals surface area contributed by atoms with Gasteiger partial charge in [0.2, 0.25) is 5.91 Å². The first kappa shape index (κ1) is 28.4. The van der Waals surface area contributed by atoms with E-state index in [4.69, 9.17) is 9.47 Å². The number of ether oxygens (including phenoxy) is 2. The monoisotopic (exact) mass is 556 g/mol. The highest BCUT2D eigenvalue weighted by Gasteiger charge is 2.34. The zero-order chi connectivity index (χ0) is 28.8. The third kappa shape index (κ3) is 6.77. The molecule has 0 radical (unpaired) electrons. The van der Waals surface area contributed by atoms with Crippen molar-refractivity contribution in [3.05, 3.63) is 95.6 Å². The van der Waals surface area contributed by atoms with Crippen LogP contribution in [0.25, 0.3) is 11.1 Å². The van der Waals surface area contributed by atoms with E-state index in [1.165, 1.54) is 0 Å². The lowest BCUT2D eigenvalue weighted by Gasteiger charge is -2.30. The van der Waals surface area contributed by atoms with Gasteiger partial charge >= 0.3 is 12.1 Å². The summed E-state index contributed by atoms with van der Waals surface area (Å²) in [5.74, 6) is -1.93. The molecule has 0 heterocycles. The number of fused-ring (bicyclic) bond motifs is 3. The molecule has 5 rings (SSSR count). The molecule has 8 heteroatoms. The molecule has 2 aliphatic carbocycles. The molecular formula is C33H36N2O6. The molecule has 1 fully saturated rings. The maximum absolute atomic E-state index is 13.1. The number of amides is 2. The Labute approximate surface area is 240 Å². The van der Waals surface area contributed by atoms with E-state index in [1.807, 2.05) is 54.6 Å². The van der Waals surface area contributed by atoms with Crippen LogP contribution in [0.3, 0.4) is 0 Å². The van der Waals surface area contributed by atoms with Gasteiger partial charge in [-0.1, -0.05) is 85.3 Å².